The summed E-state index contributed by atoms with van der Waals surface area (Å²) in [7, 11) is 0. The number of hydrogen-bond donors (Lipinski definition) is 1. The maximum Gasteiger partial charge on any atom is 0.232 e. The quantitative estimate of drug-likeness (QED) is 0.726. The predicted molar refractivity (Wildman–Crippen MR) is 65.9 cm³/mol. The fourth-order valence-electron chi connectivity index (χ4n) is 3.76. The highest BCUT2D eigenvalue weighted by Crippen LogP contribution is 2.42. The van der Waals surface area contributed by atoms with Gasteiger partial charge in [-0.3, -0.25) is 4.79 Å². The Bertz CT molecular complexity index is 485. The lowest BCUT2D eigenvalue weighted by Crippen LogP contribution is -2.46. The van der Waals surface area contributed by atoms with Crippen molar-refractivity contribution in [1.82, 2.24) is 5.32 Å². The van der Waals surface area contributed by atoms with E-state index in [1.807, 2.05) is 6.07 Å². The largest absolute Gasteiger partial charge is 0.311 e. The third-order valence-electron chi connectivity index (χ3n) is 4.49. The van der Waals surface area contributed by atoms with E-state index < -0.39 is 0 Å². The molecule has 1 amide bonds. The summed E-state index contributed by atoms with van der Waals surface area (Å²) in [5.74, 6) is 0.569. The summed E-state index contributed by atoms with van der Waals surface area (Å²) in [6.45, 7) is 1.06. The molecule has 3 aliphatic heterocycles. The first-order valence-electron chi connectivity index (χ1n) is 6.50. The van der Waals surface area contributed by atoms with Gasteiger partial charge in [-0.05, 0) is 37.4 Å². The Hall–Kier alpha value is -1.35. The molecule has 0 bridgehead atoms. The average molecular weight is 228 g/mol. The van der Waals surface area contributed by atoms with E-state index in [2.05, 4.69) is 28.4 Å². The minimum atomic E-state index is 0.224. The molecule has 17 heavy (non-hydrogen) atoms. The second kappa shape index (κ2) is 3.33. The lowest BCUT2D eigenvalue weighted by Gasteiger charge is -2.27. The van der Waals surface area contributed by atoms with Crippen LogP contribution in [-0.4, -0.2) is 24.5 Å². The third-order valence-corrected chi connectivity index (χ3v) is 4.49. The Morgan fingerprint density at radius 2 is 2.18 bits per heavy atom. The second-order valence-electron chi connectivity index (χ2n) is 5.34. The van der Waals surface area contributed by atoms with E-state index in [1.54, 1.807) is 0 Å². The number of fused-ring (bicyclic) bond motifs is 5. The summed E-state index contributed by atoms with van der Waals surface area (Å²) < 4.78 is 0. The molecule has 0 saturated carbocycles. The molecule has 3 heterocycles. The van der Waals surface area contributed by atoms with Gasteiger partial charge in [0.1, 0.15) is 0 Å². The van der Waals surface area contributed by atoms with Crippen molar-refractivity contribution in [2.24, 2.45) is 5.92 Å². The van der Waals surface area contributed by atoms with Crippen LogP contribution in [0.4, 0.5) is 5.69 Å². The van der Waals surface area contributed by atoms with Crippen molar-refractivity contribution in [1.29, 1.82) is 0 Å². The number of carbonyl (C=O) groups excluding carboxylic acids is 1. The molecular formula is C14H16N2O. The van der Waals surface area contributed by atoms with Gasteiger partial charge in [-0.25, -0.2) is 0 Å². The molecule has 88 valence electrons. The average Bonchev–Trinajstić information content (AvgIpc) is 2.88. The van der Waals surface area contributed by atoms with Gasteiger partial charge in [-0.2, -0.15) is 0 Å². The van der Waals surface area contributed by atoms with Crippen molar-refractivity contribution in [3.05, 3.63) is 29.8 Å². The first-order chi connectivity index (χ1) is 8.36. The molecule has 3 aliphatic rings. The number of nitrogens with one attached hydrogen (secondary N) is 1. The SMILES string of the molecule is O=C1C2CCCNC2C2Cc3ccccc3N12. The van der Waals surface area contributed by atoms with E-state index in [9.17, 15) is 4.79 Å². The van der Waals surface area contributed by atoms with Crippen LogP contribution in [0, 0.1) is 5.92 Å². The topological polar surface area (TPSA) is 32.3 Å². The van der Waals surface area contributed by atoms with E-state index in [1.165, 1.54) is 5.56 Å². The van der Waals surface area contributed by atoms with Crippen molar-refractivity contribution in [3.63, 3.8) is 0 Å². The molecule has 3 nitrogen and oxygen atoms in total. The Morgan fingerprint density at radius 1 is 1.29 bits per heavy atom. The molecular weight excluding hydrogens is 212 g/mol. The molecule has 0 radical (unpaired) electrons. The Balaban J connectivity index is 1.79. The molecule has 1 N–H and O–H groups in total. The van der Waals surface area contributed by atoms with Gasteiger partial charge in [0.2, 0.25) is 5.91 Å². The molecule has 0 spiro atoms. The Kier molecular flexibility index (Phi) is 1.89. The number of piperidine rings is 1. The van der Waals surface area contributed by atoms with E-state index in [-0.39, 0.29) is 5.92 Å². The number of benzene rings is 1. The van der Waals surface area contributed by atoms with Gasteiger partial charge < -0.3 is 10.2 Å². The van der Waals surface area contributed by atoms with Crippen LogP contribution >= 0.6 is 0 Å². The van der Waals surface area contributed by atoms with Crippen LogP contribution in [0.25, 0.3) is 0 Å². The fraction of sp³-hybridized carbons (Fsp3) is 0.500. The molecule has 1 aromatic carbocycles. The number of anilines is 1. The maximum absolute atomic E-state index is 12.5. The van der Waals surface area contributed by atoms with Gasteiger partial charge in [-0.15, -0.1) is 0 Å². The van der Waals surface area contributed by atoms with Crippen molar-refractivity contribution in [2.75, 3.05) is 11.4 Å². The first kappa shape index (κ1) is 9.66. The van der Waals surface area contributed by atoms with Gasteiger partial charge >= 0.3 is 0 Å². The number of nitrogens with zero attached hydrogens (tertiary/aromatic N) is 1. The summed E-state index contributed by atoms with van der Waals surface area (Å²) in [4.78, 5) is 14.5. The number of amides is 1. The summed E-state index contributed by atoms with van der Waals surface area (Å²) in [5, 5.41) is 3.56. The van der Waals surface area contributed by atoms with Crippen molar-refractivity contribution < 1.29 is 4.79 Å². The zero-order chi connectivity index (χ0) is 11.4. The zero-order valence-electron chi connectivity index (χ0n) is 9.73. The van der Waals surface area contributed by atoms with Crippen LogP contribution in [0.1, 0.15) is 18.4 Å². The van der Waals surface area contributed by atoms with Gasteiger partial charge in [0, 0.05) is 11.7 Å². The van der Waals surface area contributed by atoms with Crippen LogP contribution < -0.4 is 10.2 Å². The fourth-order valence-corrected chi connectivity index (χ4v) is 3.76. The molecule has 2 saturated heterocycles. The van der Waals surface area contributed by atoms with Crippen LogP contribution in [-0.2, 0) is 11.2 Å². The van der Waals surface area contributed by atoms with Crippen LogP contribution in [0.15, 0.2) is 24.3 Å². The van der Waals surface area contributed by atoms with Gasteiger partial charge in [0.25, 0.3) is 0 Å². The van der Waals surface area contributed by atoms with Gasteiger partial charge in [0.15, 0.2) is 0 Å². The molecule has 3 unspecified atom stereocenters. The highest BCUT2D eigenvalue weighted by molar-refractivity contribution is 6.01. The molecule has 3 atom stereocenters. The zero-order valence-corrected chi connectivity index (χ0v) is 9.73. The Morgan fingerprint density at radius 3 is 3.12 bits per heavy atom. The monoisotopic (exact) mass is 228 g/mol. The third kappa shape index (κ3) is 1.18. The smallest absolute Gasteiger partial charge is 0.232 e. The van der Waals surface area contributed by atoms with Gasteiger partial charge in [-0.1, -0.05) is 18.2 Å². The van der Waals surface area contributed by atoms with Crippen LogP contribution in [0.3, 0.4) is 0 Å². The normalized spacial score (nSPS) is 34.5. The number of hydrogen-bond acceptors (Lipinski definition) is 2. The summed E-state index contributed by atoms with van der Waals surface area (Å²) >= 11 is 0. The van der Waals surface area contributed by atoms with Crippen molar-refractivity contribution >= 4 is 11.6 Å². The summed E-state index contributed by atoms with van der Waals surface area (Å²) in [5.41, 5.74) is 2.48. The lowest BCUT2D eigenvalue weighted by atomic mass is 9.88. The van der Waals surface area contributed by atoms with E-state index in [0.717, 1.165) is 31.5 Å². The molecule has 0 aliphatic carbocycles. The summed E-state index contributed by atoms with van der Waals surface area (Å²) in [6.07, 6.45) is 3.22. The lowest BCUT2D eigenvalue weighted by molar-refractivity contribution is -0.121. The van der Waals surface area contributed by atoms with Crippen molar-refractivity contribution in [3.8, 4) is 0 Å². The minimum absolute atomic E-state index is 0.224. The van der Waals surface area contributed by atoms with E-state index in [0.29, 0.717) is 18.0 Å². The summed E-state index contributed by atoms with van der Waals surface area (Å²) in [6, 6.07) is 9.08. The predicted octanol–water partition coefficient (Wildman–Crippen LogP) is 1.33. The highest BCUT2D eigenvalue weighted by atomic mass is 16.2. The second-order valence-corrected chi connectivity index (χ2v) is 5.34. The van der Waals surface area contributed by atoms with E-state index >= 15 is 0 Å². The standard InChI is InChI=1S/C14H16N2O/c17-14-10-5-3-7-15-13(10)12-8-9-4-1-2-6-11(9)16(12)14/h1-2,4,6,10,12-13,15H,3,5,7-8H2. The van der Waals surface area contributed by atoms with E-state index in [4.69, 9.17) is 0 Å². The van der Waals surface area contributed by atoms with Crippen molar-refractivity contribution in [2.45, 2.75) is 31.3 Å². The number of rotatable bonds is 0. The number of carbonyl (C=O) groups is 1. The molecule has 4 rings (SSSR count). The number of para-hydroxylation sites is 1. The van der Waals surface area contributed by atoms with Crippen LogP contribution in [0.5, 0.6) is 0 Å². The maximum atomic E-state index is 12.5. The first-order valence-corrected chi connectivity index (χ1v) is 6.50. The molecule has 1 aromatic rings. The Labute approximate surface area is 101 Å². The molecule has 3 heteroatoms. The highest BCUT2D eigenvalue weighted by Gasteiger charge is 2.52. The molecule has 2 fully saturated rings. The van der Waals surface area contributed by atoms with Gasteiger partial charge in [0.05, 0.1) is 12.0 Å². The minimum Gasteiger partial charge on any atom is -0.311 e. The molecule has 0 aromatic heterocycles. The van der Waals surface area contributed by atoms with Crippen LogP contribution in [0.2, 0.25) is 0 Å².